The van der Waals surface area contributed by atoms with E-state index in [4.69, 9.17) is 5.73 Å². The van der Waals surface area contributed by atoms with Crippen LogP contribution in [-0.2, 0) is 0 Å². The van der Waals surface area contributed by atoms with Gasteiger partial charge in [0.15, 0.2) is 0 Å². The number of pyridine rings is 1. The fraction of sp³-hybridized carbons (Fsp3) is 0.643. The second-order valence-corrected chi connectivity index (χ2v) is 5.20. The molecule has 0 radical (unpaired) electrons. The van der Waals surface area contributed by atoms with Crippen molar-refractivity contribution in [2.45, 2.75) is 39.2 Å². The predicted octanol–water partition coefficient (Wildman–Crippen LogP) is 2.26. The Hall–Kier alpha value is -1.29. The van der Waals surface area contributed by atoms with Gasteiger partial charge in [0, 0.05) is 12.6 Å². The summed E-state index contributed by atoms with van der Waals surface area (Å²) in [5.41, 5.74) is 7.41. The van der Waals surface area contributed by atoms with Crippen LogP contribution in [0.1, 0.15) is 31.9 Å². The average molecular weight is 248 g/mol. The molecule has 18 heavy (non-hydrogen) atoms. The molecule has 0 aliphatic carbocycles. The summed E-state index contributed by atoms with van der Waals surface area (Å²) >= 11 is 0. The van der Waals surface area contributed by atoms with E-state index < -0.39 is 0 Å². The molecular weight excluding hydrogens is 224 g/mol. The minimum Gasteiger partial charge on any atom is -0.397 e. The molecule has 1 fully saturated rings. The van der Waals surface area contributed by atoms with Crippen molar-refractivity contribution in [1.82, 2.24) is 9.88 Å². The molecule has 2 rings (SSSR count). The lowest BCUT2D eigenvalue weighted by Crippen LogP contribution is -2.41. The summed E-state index contributed by atoms with van der Waals surface area (Å²) in [5, 5.41) is 3.40. The van der Waals surface area contributed by atoms with Crippen LogP contribution in [0, 0.1) is 6.92 Å². The van der Waals surface area contributed by atoms with Gasteiger partial charge in [0.25, 0.3) is 0 Å². The van der Waals surface area contributed by atoms with Crippen LogP contribution in [0.2, 0.25) is 0 Å². The highest BCUT2D eigenvalue weighted by Gasteiger charge is 2.16. The topological polar surface area (TPSA) is 54.2 Å². The van der Waals surface area contributed by atoms with Crippen LogP contribution in [-0.4, -0.2) is 35.6 Å². The summed E-state index contributed by atoms with van der Waals surface area (Å²) in [6, 6.07) is 4.42. The number of likely N-dealkylation sites (tertiary alicyclic amines) is 1. The van der Waals surface area contributed by atoms with E-state index in [2.05, 4.69) is 22.1 Å². The van der Waals surface area contributed by atoms with Crippen LogP contribution in [0.4, 0.5) is 11.5 Å². The van der Waals surface area contributed by atoms with Crippen LogP contribution >= 0.6 is 0 Å². The van der Waals surface area contributed by atoms with Crippen molar-refractivity contribution in [2.24, 2.45) is 0 Å². The molecule has 100 valence electrons. The molecule has 1 aromatic heterocycles. The summed E-state index contributed by atoms with van der Waals surface area (Å²) in [7, 11) is 0. The number of aryl methyl sites for hydroxylation is 1. The molecule has 4 nitrogen and oxygen atoms in total. The van der Waals surface area contributed by atoms with Crippen molar-refractivity contribution in [3.05, 3.63) is 17.8 Å². The number of hydrogen-bond donors (Lipinski definition) is 2. The van der Waals surface area contributed by atoms with E-state index in [0.29, 0.717) is 6.04 Å². The minimum atomic E-state index is 0.560. The number of nitrogens with two attached hydrogens (primary N) is 1. The van der Waals surface area contributed by atoms with Crippen LogP contribution in [0.25, 0.3) is 0 Å². The third-order valence-electron chi connectivity index (χ3n) is 3.72. The highest BCUT2D eigenvalue weighted by atomic mass is 15.2. The van der Waals surface area contributed by atoms with Gasteiger partial charge < -0.3 is 11.1 Å². The predicted molar refractivity (Wildman–Crippen MR) is 76.8 cm³/mol. The van der Waals surface area contributed by atoms with Gasteiger partial charge in [-0.15, -0.1) is 0 Å². The maximum absolute atomic E-state index is 5.76. The van der Waals surface area contributed by atoms with Gasteiger partial charge in [-0.05, 0) is 51.9 Å². The van der Waals surface area contributed by atoms with Crippen molar-refractivity contribution < 1.29 is 0 Å². The molecule has 1 unspecified atom stereocenters. The molecule has 1 aliphatic heterocycles. The Bertz CT molecular complexity index is 385. The number of nitrogens with zero attached hydrogens (tertiary/aromatic N) is 2. The van der Waals surface area contributed by atoms with Crippen molar-refractivity contribution in [3.63, 3.8) is 0 Å². The number of nitrogens with one attached hydrogen (secondary N) is 1. The summed E-state index contributed by atoms with van der Waals surface area (Å²) in [4.78, 5) is 6.99. The van der Waals surface area contributed by atoms with E-state index in [9.17, 15) is 0 Å². The summed E-state index contributed by atoms with van der Waals surface area (Å²) < 4.78 is 0. The van der Waals surface area contributed by atoms with Crippen LogP contribution in [0.5, 0.6) is 0 Å². The van der Waals surface area contributed by atoms with Gasteiger partial charge in [-0.25, -0.2) is 4.98 Å². The Morgan fingerprint density at radius 3 is 2.72 bits per heavy atom. The summed E-state index contributed by atoms with van der Waals surface area (Å²) in [5.74, 6) is 0.922. The molecule has 3 N–H and O–H groups in total. The second kappa shape index (κ2) is 6.05. The Labute approximate surface area is 110 Å². The molecule has 1 atom stereocenters. The third-order valence-corrected chi connectivity index (χ3v) is 3.72. The molecule has 0 aromatic carbocycles. The van der Waals surface area contributed by atoms with Crippen molar-refractivity contribution in [2.75, 3.05) is 30.7 Å². The van der Waals surface area contributed by atoms with Crippen LogP contribution in [0.15, 0.2) is 12.1 Å². The van der Waals surface area contributed by atoms with Gasteiger partial charge in [0.05, 0.1) is 11.4 Å². The van der Waals surface area contributed by atoms with Gasteiger partial charge in [0.2, 0.25) is 0 Å². The lowest BCUT2D eigenvalue weighted by Gasteiger charge is -2.32. The zero-order valence-corrected chi connectivity index (χ0v) is 11.4. The molecule has 0 saturated carbocycles. The third kappa shape index (κ3) is 3.35. The second-order valence-electron chi connectivity index (χ2n) is 5.20. The summed E-state index contributed by atoms with van der Waals surface area (Å²) in [6.45, 7) is 7.63. The van der Waals surface area contributed by atoms with Gasteiger partial charge in [-0.2, -0.15) is 0 Å². The van der Waals surface area contributed by atoms with Gasteiger partial charge >= 0.3 is 0 Å². The lowest BCUT2D eigenvalue weighted by molar-refractivity contribution is 0.180. The van der Waals surface area contributed by atoms with Gasteiger partial charge in [-0.1, -0.05) is 6.42 Å². The molecule has 1 aliphatic rings. The molecule has 4 heteroatoms. The Balaban J connectivity index is 1.84. The summed E-state index contributed by atoms with van der Waals surface area (Å²) in [6.07, 6.45) is 4.06. The van der Waals surface area contributed by atoms with Crippen LogP contribution in [0.3, 0.4) is 0 Å². The molecule has 0 spiro atoms. The number of piperidine rings is 1. The maximum Gasteiger partial charge on any atom is 0.126 e. The van der Waals surface area contributed by atoms with Crippen LogP contribution < -0.4 is 11.1 Å². The quantitative estimate of drug-likeness (QED) is 0.858. The number of rotatable bonds is 4. The monoisotopic (exact) mass is 248 g/mol. The van der Waals surface area contributed by atoms with E-state index in [0.717, 1.165) is 23.7 Å². The molecule has 0 amide bonds. The Morgan fingerprint density at radius 2 is 2.06 bits per heavy atom. The number of aromatic nitrogens is 1. The Kier molecular flexibility index (Phi) is 4.42. The zero-order chi connectivity index (χ0) is 13.0. The van der Waals surface area contributed by atoms with Crippen molar-refractivity contribution >= 4 is 11.5 Å². The average Bonchev–Trinajstić information content (AvgIpc) is 2.41. The number of anilines is 2. The number of nitrogen functional groups attached to an aromatic ring is 1. The van der Waals surface area contributed by atoms with Gasteiger partial charge in [0.1, 0.15) is 5.82 Å². The first-order valence-electron chi connectivity index (χ1n) is 6.88. The normalized spacial score (nSPS) is 18.6. The van der Waals surface area contributed by atoms with Crippen molar-refractivity contribution in [3.8, 4) is 0 Å². The highest BCUT2D eigenvalue weighted by molar-refractivity contribution is 5.49. The lowest BCUT2D eigenvalue weighted by atomic mass is 10.1. The van der Waals surface area contributed by atoms with Crippen molar-refractivity contribution in [1.29, 1.82) is 0 Å². The van der Waals surface area contributed by atoms with E-state index in [1.54, 1.807) is 0 Å². The first-order chi connectivity index (χ1) is 8.66. The minimum absolute atomic E-state index is 0.560. The molecule has 0 bridgehead atoms. The van der Waals surface area contributed by atoms with E-state index >= 15 is 0 Å². The standard InChI is InChI=1S/C14H24N4/c1-11(18-8-4-3-5-9-18)10-16-14-7-6-13(15)12(2)17-14/h6-7,11H,3-5,8-10,15H2,1-2H3,(H,16,17). The molecule has 2 heterocycles. The zero-order valence-electron chi connectivity index (χ0n) is 11.4. The molecule has 1 saturated heterocycles. The molecular formula is C14H24N4. The van der Waals surface area contributed by atoms with E-state index in [-0.39, 0.29) is 0 Å². The van der Waals surface area contributed by atoms with Gasteiger partial charge in [-0.3, -0.25) is 4.90 Å². The van der Waals surface area contributed by atoms with E-state index in [1.807, 2.05) is 19.1 Å². The number of hydrogen-bond acceptors (Lipinski definition) is 4. The Morgan fingerprint density at radius 1 is 1.33 bits per heavy atom. The molecule has 1 aromatic rings. The SMILES string of the molecule is Cc1nc(NCC(C)N2CCCCC2)ccc1N. The smallest absolute Gasteiger partial charge is 0.126 e. The largest absolute Gasteiger partial charge is 0.397 e. The highest BCUT2D eigenvalue weighted by Crippen LogP contribution is 2.14. The first-order valence-corrected chi connectivity index (χ1v) is 6.88. The van der Waals surface area contributed by atoms with E-state index in [1.165, 1.54) is 32.4 Å². The maximum atomic E-state index is 5.76. The fourth-order valence-corrected chi connectivity index (χ4v) is 2.41. The fourth-order valence-electron chi connectivity index (χ4n) is 2.41. The first kappa shape index (κ1) is 13.1.